The number of aliphatic hydroxyl groups is 2. The van der Waals surface area contributed by atoms with Gasteiger partial charge in [-0.25, -0.2) is 0 Å². The van der Waals surface area contributed by atoms with Crippen LogP contribution < -0.4 is 0 Å². The minimum atomic E-state index is -1.26. The van der Waals surface area contributed by atoms with Crippen molar-refractivity contribution in [3.05, 3.63) is 58.2 Å². The molecule has 0 spiro atoms. The Bertz CT molecular complexity index is 1100. The number of benzene rings is 1. The molecule has 0 bridgehead atoms. The average molecular weight is 443 g/mol. The maximum atomic E-state index is 12.2. The first-order valence-electron chi connectivity index (χ1n) is 12.8. The zero-order valence-electron chi connectivity index (χ0n) is 19.5. The number of fused-ring (bicyclic) bond motifs is 4. The van der Waals surface area contributed by atoms with Gasteiger partial charge in [-0.15, -0.1) is 6.42 Å². The van der Waals surface area contributed by atoms with Crippen molar-refractivity contribution < 1.29 is 15.0 Å². The third-order valence-corrected chi connectivity index (χ3v) is 9.95. The van der Waals surface area contributed by atoms with Crippen molar-refractivity contribution in [3.63, 3.8) is 0 Å². The molecule has 0 aliphatic heterocycles. The molecule has 6 atom stereocenters. The number of terminal acetylenes is 1. The molecule has 1 aromatic rings. The summed E-state index contributed by atoms with van der Waals surface area (Å²) in [7, 11) is 0. The lowest BCUT2D eigenvalue weighted by Gasteiger charge is -2.55. The largest absolute Gasteiger partial charge is 0.386 e. The van der Waals surface area contributed by atoms with E-state index in [1.165, 1.54) is 40.7 Å². The number of hydrogen-bond acceptors (Lipinski definition) is 3. The van der Waals surface area contributed by atoms with Crippen LogP contribution in [-0.4, -0.2) is 27.7 Å². The van der Waals surface area contributed by atoms with Gasteiger partial charge in [0, 0.05) is 17.8 Å². The quantitative estimate of drug-likeness (QED) is 0.634. The normalized spacial score (nSPS) is 38.7. The minimum absolute atomic E-state index is 0.186. The molecule has 2 N–H and O–H groups in total. The Kier molecular flexibility index (Phi) is 4.81. The molecule has 3 saturated carbocycles. The lowest BCUT2D eigenvalue weighted by molar-refractivity contribution is -0.142. The molecule has 0 saturated heterocycles. The van der Waals surface area contributed by atoms with Crippen molar-refractivity contribution in [3.8, 4) is 12.3 Å². The van der Waals surface area contributed by atoms with E-state index >= 15 is 0 Å². The molecule has 3 nitrogen and oxygen atoms in total. The standard InChI is InChI=1S/C30H34O3/c1-3-27(32)30(33)15-14-26-24-12-10-21-16-22(31)11-13-23(21)28(24)25(17-29(26,30)2)20-8-6-19(7-9-20)18-4-5-18/h1,6-9,16,18,24-27,32-33H,4-5,10-15,17H2,2H3/t24-,25?,26-,27?,29-,30?/m0/s1. The highest BCUT2D eigenvalue weighted by atomic mass is 16.3. The van der Waals surface area contributed by atoms with E-state index in [1.807, 2.05) is 6.08 Å². The van der Waals surface area contributed by atoms with Gasteiger partial charge in [0.1, 0.15) is 11.7 Å². The van der Waals surface area contributed by atoms with Crippen molar-refractivity contribution in [1.29, 1.82) is 0 Å². The molecule has 3 fully saturated rings. The van der Waals surface area contributed by atoms with Crippen LogP contribution in [0.2, 0.25) is 0 Å². The molecule has 5 aliphatic carbocycles. The van der Waals surface area contributed by atoms with Crippen LogP contribution in [0.1, 0.15) is 87.7 Å². The minimum Gasteiger partial charge on any atom is -0.386 e. The smallest absolute Gasteiger partial charge is 0.156 e. The van der Waals surface area contributed by atoms with E-state index < -0.39 is 17.1 Å². The first kappa shape index (κ1) is 21.4. The van der Waals surface area contributed by atoms with Gasteiger partial charge >= 0.3 is 0 Å². The molecule has 0 radical (unpaired) electrons. The summed E-state index contributed by atoms with van der Waals surface area (Å²) >= 11 is 0. The second-order valence-electron chi connectivity index (χ2n) is 11.5. The number of carbonyl (C=O) groups excluding carboxylic acids is 1. The second-order valence-corrected chi connectivity index (χ2v) is 11.5. The van der Waals surface area contributed by atoms with Gasteiger partial charge in [0.25, 0.3) is 0 Å². The monoisotopic (exact) mass is 442 g/mol. The molecule has 33 heavy (non-hydrogen) atoms. The van der Waals surface area contributed by atoms with E-state index in [2.05, 4.69) is 37.1 Å². The first-order valence-corrected chi connectivity index (χ1v) is 12.8. The average Bonchev–Trinajstić information content (AvgIpc) is 3.63. The predicted octanol–water partition coefficient (Wildman–Crippen LogP) is 5.19. The molecule has 6 rings (SSSR count). The van der Waals surface area contributed by atoms with E-state index in [0.717, 1.165) is 38.0 Å². The van der Waals surface area contributed by atoms with Gasteiger partial charge in [0.15, 0.2) is 5.78 Å². The lowest BCUT2D eigenvalue weighted by Crippen LogP contribution is -2.56. The number of ketones is 1. The van der Waals surface area contributed by atoms with Crippen LogP contribution in [0.15, 0.2) is 47.1 Å². The van der Waals surface area contributed by atoms with Crippen molar-refractivity contribution in [2.24, 2.45) is 17.3 Å². The van der Waals surface area contributed by atoms with Gasteiger partial charge < -0.3 is 10.2 Å². The summed E-state index contributed by atoms with van der Waals surface area (Å²) in [5.74, 6) is 4.29. The summed E-state index contributed by atoms with van der Waals surface area (Å²) in [5, 5.41) is 22.5. The number of carbonyl (C=O) groups is 1. The Hall–Kier alpha value is -2.15. The van der Waals surface area contributed by atoms with Crippen molar-refractivity contribution in [2.45, 2.75) is 88.3 Å². The maximum absolute atomic E-state index is 12.2. The Morgan fingerprint density at radius 1 is 1.06 bits per heavy atom. The third kappa shape index (κ3) is 3.07. The van der Waals surface area contributed by atoms with Gasteiger partial charge in [-0.2, -0.15) is 0 Å². The Morgan fingerprint density at radius 3 is 2.48 bits per heavy atom. The second kappa shape index (κ2) is 7.42. The molecular formula is C30H34O3. The number of rotatable bonds is 3. The van der Waals surface area contributed by atoms with Gasteiger partial charge in [0.2, 0.25) is 0 Å². The fourth-order valence-corrected chi connectivity index (χ4v) is 8.00. The first-order chi connectivity index (χ1) is 15.9. The summed E-state index contributed by atoms with van der Waals surface area (Å²) in [6.07, 6.45) is 14.6. The fourth-order valence-electron chi connectivity index (χ4n) is 8.00. The summed E-state index contributed by atoms with van der Waals surface area (Å²) in [6.45, 7) is 2.17. The van der Waals surface area contributed by atoms with Crippen molar-refractivity contribution >= 4 is 5.78 Å². The molecule has 0 amide bonds. The highest BCUT2D eigenvalue weighted by molar-refractivity contribution is 5.93. The SMILES string of the molecule is C#CC(O)C1(O)CC[C@H]2[C@@H]3CCC4=CC(=O)CCC4=C3C(c3ccc(C4CC4)cc3)C[C@@]21C. The van der Waals surface area contributed by atoms with E-state index in [1.54, 1.807) is 0 Å². The number of aliphatic hydroxyl groups excluding tert-OH is 1. The van der Waals surface area contributed by atoms with Gasteiger partial charge in [-0.3, -0.25) is 4.79 Å². The van der Waals surface area contributed by atoms with E-state index in [0.29, 0.717) is 24.7 Å². The zero-order chi connectivity index (χ0) is 23.0. The summed E-state index contributed by atoms with van der Waals surface area (Å²) in [5.41, 5.74) is 5.21. The molecular weight excluding hydrogens is 408 g/mol. The highest BCUT2D eigenvalue weighted by Gasteiger charge is 2.65. The third-order valence-electron chi connectivity index (χ3n) is 9.95. The molecule has 0 aromatic heterocycles. The van der Waals surface area contributed by atoms with Crippen molar-refractivity contribution in [1.82, 2.24) is 0 Å². The van der Waals surface area contributed by atoms with E-state index in [-0.39, 0.29) is 11.7 Å². The molecule has 1 aromatic carbocycles. The van der Waals surface area contributed by atoms with Crippen molar-refractivity contribution in [2.75, 3.05) is 0 Å². The Morgan fingerprint density at radius 2 is 1.79 bits per heavy atom. The molecule has 3 heteroatoms. The van der Waals surface area contributed by atoms with Gasteiger partial charge in [-0.05, 0) is 97.5 Å². The van der Waals surface area contributed by atoms with Crippen LogP contribution in [0, 0.1) is 29.6 Å². The maximum Gasteiger partial charge on any atom is 0.156 e. The molecule has 5 aliphatic rings. The number of hydrogen-bond donors (Lipinski definition) is 2. The lowest BCUT2D eigenvalue weighted by atomic mass is 9.50. The van der Waals surface area contributed by atoms with Crippen LogP contribution in [0.25, 0.3) is 0 Å². The highest BCUT2D eigenvalue weighted by Crippen LogP contribution is 2.67. The fraction of sp³-hybridized carbons (Fsp3) is 0.567. The van der Waals surface area contributed by atoms with E-state index in [4.69, 9.17) is 6.42 Å². The predicted molar refractivity (Wildman–Crippen MR) is 128 cm³/mol. The van der Waals surface area contributed by atoms with Crippen LogP contribution in [0.5, 0.6) is 0 Å². The summed E-state index contributed by atoms with van der Waals surface area (Å²) < 4.78 is 0. The topological polar surface area (TPSA) is 57.5 Å². The van der Waals surface area contributed by atoms with Crippen LogP contribution >= 0.6 is 0 Å². The molecule has 0 heterocycles. The Balaban J connectivity index is 1.49. The molecule has 3 unspecified atom stereocenters. The summed E-state index contributed by atoms with van der Waals surface area (Å²) in [6, 6.07) is 9.18. The zero-order valence-corrected chi connectivity index (χ0v) is 19.5. The molecule has 172 valence electrons. The van der Waals surface area contributed by atoms with Crippen LogP contribution in [0.4, 0.5) is 0 Å². The van der Waals surface area contributed by atoms with Gasteiger partial charge in [-0.1, -0.05) is 42.7 Å². The van der Waals surface area contributed by atoms with E-state index in [9.17, 15) is 15.0 Å². The van der Waals surface area contributed by atoms with Crippen LogP contribution in [0.3, 0.4) is 0 Å². The Labute approximate surface area is 197 Å². The van der Waals surface area contributed by atoms with Gasteiger partial charge in [0.05, 0.1) is 0 Å². The number of allylic oxidation sites excluding steroid dienone is 4. The summed E-state index contributed by atoms with van der Waals surface area (Å²) in [4.78, 5) is 12.2. The van der Waals surface area contributed by atoms with Crippen LogP contribution in [-0.2, 0) is 4.79 Å².